The Morgan fingerprint density at radius 3 is 2.57 bits per heavy atom. The zero-order valence-electron chi connectivity index (χ0n) is 12.2. The van der Waals surface area contributed by atoms with Gasteiger partial charge in [0, 0.05) is 24.7 Å². The molecule has 1 aliphatic rings. The summed E-state index contributed by atoms with van der Waals surface area (Å²) < 4.78 is 0. The molecule has 7 nitrogen and oxygen atoms in total. The van der Waals surface area contributed by atoms with Crippen LogP contribution in [0.3, 0.4) is 0 Å². The van der Waals surface area contributed by atoms with Gasteiger partial charge in [-0.15, -0.1) is 0 Å². The van der Waals surface area contributed by atoms with Crippen molar-refractivity contribution in [1.82, 2.24) is 0 Å². The molecule has 0 bridgehead atoms. The molecule has 0 radical (unpaired) electrons. The quantitative estimate of drug-likeness (QED) is 0.292. The Kier molecular flexibility index (Phi) is 4.30. The van der Waals surface area contributed by atoms with E-state index in [0.717, 1.165) is 19.5 Å². The lowest BCUT2D eigenvalue weighted by Gasteiger charge is -2.36. The Morgan fingerprint density at radius 2 is 2.05 bits per heavy atom. The molecular formula is C14H20N4O3. The molecule has 2 rings (SSSR count). The van der Waals surface area contributed by atoms with Crippen molar-refractivity contribution in [1.29, 1.82) is 0 Å². The van der Waals surface area contributed by atoms with Gasteiger partial charge in [-0.05, 0) is 30.4 Å². The number of piperidine rings is 1. The second-order valence-corrected chi connectivity index (χ2v) is 5.80. The first-order valence-corrected chi connectivity index (χ1v) is 6.93. The number of nitro benzene ring substituents is 1. The lowest BCUT2D eigenvalue weighted by atomic mass is 9.91. The molecule has 2 unspecified atom stereocenters. The summed E-state index contributed by atoms with van der Waals surface area (Å²) in [6.07, 6.45) is 1.13. The minimum Gasteiger partial charge on any atom is -0.409 e. The number of rotatable bonds is 3. The Morgan fingerprint density at radius 1 is 1.43 bits per heavy atom. The zero-order chi connectivity index (χ0) is 15.6. The van der Waals surface area contributed by atoms with E-state index in [2.05, 4.69) is 19.0 Å². The molecule has 0 spiro atoms. The lowest BCUT2D eigenvalue weighted by molar-refractivity contribution is -0.384. The summed E-state index contributed by atoms with van der Waals surface area (Å²) in [6.45, 7) is 5.90. The molecule has 0 amide bonds. The average Bonchev–Trinajstić information content (AvgIpc) is 2.44. The minimum atomic E-state index is -0.423. The lowest BCUT2D eigenvalue weighted by Crippen LogP contribution is -2.39. The van der Waals surface area contributed by atoms with E-state index in [1.54, 1.807) is 12.1 Å². The number of nitro groups is 1. The highest BCUT2D eigenvalue weighted by molar-refractivity contribution is 5.98. The van der Waals surface area contributed by atoms with Gasteiger partial charge in [0.05, 0.1) is 4.92 Å². The van der Waals surface area contributed by atoms with E-state index in [1.165, 1.54) is 6.07 Å². The molecule has 114 valence electrons. The van der Waals surface area contributed by atoms with Crippen molar-refractivity contribution in [3.63, 3.8) is 0 Å². The predicted molar refractivity (Wildman–Crippen MR) is 80.8 cm³/mol. The van der Waals surface area contributed by atoms with E-state index in [-0.39, 0.29) is 11.5 Å². The smallest absolute Gasteiger partial charge is 0.293 e. The number of nitrogens with zero attached hydrogens (tertiary/aromatic N) is 3. The van der Waals surface area contributed by atoms with E-state index >= 15 is 0 Å². The topological polar surface area (TPSA) is 105 Å². The summed E-state index contributed by atoms with van der Waals surface area (Å²) in [7, 11) is 0. The van der Waals surface area contributed by atoms with Crippen molar-refractivity contribution in [2.75, 3.05) is 18.0 Å². The number of nitrogens with two attached hydrogens (primary N) is 1. The first-order valence-electron chi connectivity index (χ1n) is 6.93. The summed E-state index contributed by atoms with van der Waals surface area (Å²) in [4.78, 5) is 13.0. The molecule has 0 saturated carbocycles. The van der Waals surface area contributed by atoms with Crippen molar-refractivity contribution in [3.05, 3.63) is 33.9 Å². The third-order valence-corrected chi connectivity index (χ3v) is 3.79. The molecule has 0 aliphatic carbocycles. The van der Waals surface area contributed by atoms with Crippen LogP contribution in [0.4, 0.5) is 11.4 Å². The number of hydrogen-bond acceptors (Lipinski definition) is 5. The van der Waals surface area contributed by atoms with Crippen LogP contribution in [-0.4, -0.2) is 29.1 Å². The SMILES string of the molecule is CC1CC(C)CN(c2ccc(C(N)=NO)cc2[N+](=O)[O-])C1. The molecule has 2 atom stereocenters. The number of benzene rings is 1. The van der Waals surface area contributed by atoms with Gasteiger partial charge in [0.1, 0.15) is 5.69 Å². The second kappa shape index (κ2) is 5.99. The van der Waals surface area contributed by atoms with E-state index < -0.39 is 4.92 Å². The van der Waals surface area contributed by atoms with Crippen LogP contribution < -0.4 is 10.6 Å². The average molecular weight is 292 g/mol. The standard InChI is InChI=1S/C14H20N4O3/c1-9-5-10(2)8-17(7-9)12-4-3-11(14(15)16-19)6-13(12)18(20)21/h3-4,6,9-10,19H,5,7-8H2,1-2H3,(H2,15,16). The highest BCUT2D eigenvalue weighted by Gasteiger charge is 2.27. The Balaban J connectivity index is 2.41. The Bertz CT molecular complexity index is 563. The first-order chi connectivity index (χ1) is 9.92. The summed E-state index contributed by atoms with van der Waals surface area (Å²) in [5.74, 6) is 0.860. The minimum absolute atomic E-state index is 0.0135. The van der Waals surface area contributed by atoms with Crippen molar-refractivity contribution < 1.29 is 10.1 Å². The molecule has 1 fully saturated rings. The second-order valence-electron chi connectivity index (χ2n) is 5.80. The summed E-state index contributed by atoms with van der Waals surface area (Å²) in [6, 6.07) is 4.67. The molecule has 1 aliphatic heterocycles. The van der Waals surface area contributed by atoms with Crippen molar-refractivity contribution in [3.8, 4) is 0 Å². The Hall–Kier alpha value is -2.31. The fourth-order valence-electron chi connectivity index (χ4n) is 3.01. The van der Waals surface area contributed by atoms with E-state index in [9.17, 15) is 10.1 Å². The van der Waals surface area contributed by atoms with Gasteiger partial charge < -0.3 is 15.8 Å². The zero-order valence-corrected chi connectivity index (χ0v) is 12.2. The maximum atomic E-state index is 11.3. The predicted octanol–water partition coefficient (Wildman–Crippen LogP) is 2.17. The molecular weight excluding hydrogens is 272 g/mol. The van der Waals surface area contributed by atoms with E-state index in [1.807, 2.05) is 4.90 Å². The number of anilines is 1. The van der Waals surface area contributed by atoms with Crippen LogP contribution in [0.2, 0.25) is 0 Å². The van der Waals surface area contributed by atoms with Crippen LogP contribution in [0.15, 0.2) is 23.4 Å². The van der Waals surface area contributed by atoms with Gasteiger partial charge in [0.2, 0.25) is 0 Å². The van der Waals surface area contributed by atoms with Crippen LogP contribution in [0, 0.1) is 22.0 Å². The first kappa shape index (κ1) is 15.1. The highest BCUT2D eigenvalue weighted by Crippen LogP contribution is 2.33. The van der Waals surface area contributed by atoms with Crippen LogP contribution >= 0.6 is 0 Å². The molecule has 0 aromatic heterocycles. The molecule has 1 saturated heterocycles. The van der Waals surface area contributed by atoms with Crippen molar-refractivity contribution in [2.24, 2.45) is 22.7 Å². The molecule has 7 heteroatoms. The fraction of sp³-hybridized carbons (Fsp3) is 0.500. The molecule has 1 aromatic carbocycles. The van der Waals surface area contributed by atoms with Crippen LogP contribution in [0.25, 0.3) is 0 Å². The van der Waals surface area contributed by atoms with Crippen LogP contribution in [0.1, 0.15) is 25.8 Å². The molecule has 1 aromatic rings. The van der Waals surface area contributed by atoms with Crippen molar-refractivity contribution in [2.45, 2.75) is 20.3 Å². The molecule has 21 heavy (non-hydrogen) atoms. The third kappa shape index (κ3) is 3.24. The van der Waals surface area contributed by atoms with Gasteiger partial charge in [0.25, 0.3) is 5.69 Å². The van der Waals surface area contributed by atoms with Gasteiger partial charge in [-0.3, -0.25) is 10.1 Å². The monoisotopic (exact) mass is 292 g/mol. The largest absolute Gasteiger partial charge is 0.409 e. The maximum Gasteiger partial charge on any atom is 0.293 e. The highest BCUT2D eigenvalue weighted by atomic mass is 16.6. The van der Waals surface area contributed by atoms with E-state index in [0.29, 0.717) is 23.1 Å². The van der Waals surface area contributed by atoms with Crippen LogP contribution in [0.5, 0.6) is 0 Å². The molecule has 3 N–H and O–H groups in total. The van der Waals surface area contributed by atoms with E-state index in [4.69, 9.17) is 10.9 Å². The number of hydrogen-bond donors (Lipinski definition) is 2. The molecule has 1 heterocycles. The maximum absolute atomic E-state index is 11.3. The number of amidine groups is 1. The van der Waals surface area contributed by atoms with Gasteiger partial charge >= 0.3 is 0 Å². The summed E-state index contributed by atoms with van der Waals surface area (Å²) in [5, 5.41) is 22.9. The van der Waals surface area contributed by atoms with Crippen LogP contribution in [-0.2, 0) is 0 Å². The normalized spacial score (nSPS) is 23.1. The fourth-order valence-corrected chi connectivity index (χ4v) is 3.01. The van der Waals surface area contributed by atoms with Gasteiger partial charge in [-0.25, -0.2) is 0 Å². The number of oxime groups is 1. The van der Waals surface area contributed by atoms with Gasteiger partial charge in [0.15, 0.2) is 5.84 Å². The third-order valence-electron chi connectivity index (χ3n) is 3.79. The Labute approximate surface area is 123 Å². The van der Waals surface area contributed by atoms with Crippen molar-refractivity contribution >= 4 is 17.2 Å². The summed E-state index contributed by atoms with van der Waals surface area (Å²) in [5.41, 5.74) is 6.42. The van der Waals surface area contributed by atoms with Gasteiger partial charge in [-0.2, -0.15) is 0 Å². The summed E-state index contributed by atoms with van der Waals surface area (Å²) >= 11 is 0. The van der Waals surface area contributed by atoms with Gasteiger partial charge in [-0.1, -0.05) is 19.0 Å².